The fourth-order valence-corrected chi connectivity index (χ4v) is 2.79. The number of thiazole rings is 1. The molecule has 2 aromatic heterocycles. The smallest absolute Gasteiger partial charge is 0.114 e. The van der Waals surface area contributed by atoms with E-state index >= 15 is 0 Å². The summed E-state index contributed by atoms with van der Waals surface area (Å²) < 4.78 is 1.84. The van der Waals surface area contributed by atoms with Gasteiger partial charge in [0, 0.05) is 29.1 Å². The van der Waals surface area contributed by atoms with Gasteiger partial charge in [-0.3, -0.25) is 4.68 Å². The van der Waals surface area contributed by atoms with Crippen LogP contribution >= 0.6 is 11.3 Å². The molecule has 0 bridgehead atoms. The van der Waals surface area contributed by atoms with Crippen molar-refractivity contribution in [3.05, 3.63) is 33.5 Å². The SMILES string of the molecule is Cc1c(C(N)c2nc(C(C)(C)C)cs2)cnn1C. The number of nitrogens with zero attached hydrogens (tertiary/aromatic N) is 3. The van der Waals surface area contributed by atoms with E-state index in [4.69, 9.17) is 5.73 Å². The molecule has 2 rings (SSSR count). The minimum absolute atomic E-state index is 0.0679. The average Bonchev–Trinajstić information content (AvgIpc) is 2.86. The van der Waals surface area contributed by atoms with E-state index in [1.165, 1.54) is 0 Å². The fourth-order valence-electron chi connectivity index (χ4n) is 1.73. The molecule has 2 heterocycles. The molecule has 0 saturated carbocycles. The zero-order valence-electron chi connectivity index (χ0n) is 11.6. The van der Waals surface area contributed by atoms with Gasteiger partial charge in [0.1, 0.15) is 5.01 Å². The van der Waals surface area contributed by atoms with Crippen molar-refractivity contribution < 1.29 is 0 Å². The molecule has 0 amide bonds. The summed E-state index contributed by atoms with van der Waals surface area (Å²) in [6.07, 6.45) is 1.83. The van der Waals surface area contributed by atoms with Crippen molar-refractivity contribution in [2.75, 3.05) is 0 Å². The highest BCUT2D eigenvalue weighted by Gasteiger charge is 2.22. The normalized spacial score (nSPS) is 13.9. The maximum absolute atomic E-state index is 6.28. The molecule has 0 aliphatic heterocycles. The Morgan fingerprint density at radius 2 is 2.06 bits per heavy atom. The molecule has 1 unspecified atom stereocenters. The molecule has 18 heavy (non-hydrogen) atoms. The van der Waals surface area contributed by atoms with Crippen molar-refractivity contribution in [3.8, 4) is 0 Å². The maximum atomic E-state index is 6.28. The van der Waals surface area contributed by atoms with Crippen LogP contribution in [-0.2, 0) is 12.5 Å². The minimum Gasteiger partial charge on any atom is -0.318 e. The average molecular weight is 264 g/mol. The van der Waals surface area contributed by atoms with E-state index in [0.29, 0.717) is 0 Å². The van der Waals surface area contributed by atoms with E-state index in [-0.39, 0.29) is 11.5 Å². The lowest BCUT2D eigenvalue weighted by atomic mass is 9.93. The van der Waals surface area contributed by atoms with Gasteiger partial charge in [0.15, 0.2) is 0 Å². The van der Waals surface area contributed by atoms with Crippen molar-refractivity contribution in [2.45, 2.75) is 39.2 Å². The van der Waals surface area contributed by atoms with Crippen LogP contribution in [0.4, 0.5) is 0 Å². The van der Waals surface area contributed by atoms with Gasteiger partial charge in [-0.15, -0.1) is 11.3 Å². The number of rotatable bonds is 2. The van der Waals surface area contributed by atoms with Gasteiger partial charge in [0.25, 0.3) is 0 Å². The van der Waals surface area contributed by atoms with Crippen LogP contribution in [0.15, 0.2) is 11.6 Å². The molecule has 0 spiro atoms. The topological polar surface area (TPSA) is 56.7 Å². The molecule has 0 saturated heterocycles. The first-order chi connectivity index (χ1) is 8.30. The Morgan fingerprint density at radius 1 is 1.39 bits per heavy atom. The Kier molecular flexibility index (Phi) is 3.29. The molecule has 0 aliphatic rings. The first kappa shape index (κ1) is 13.2. The molecule has 1 atom stereocenters. The van der Waals surface area contributed by atoms with Gasteiger partial charge in [-0.2, -0.15) is 5.10 Å². The number of aromatic nitrogens is 3. The van der Waals surface area contributed by atoms with Crippen LogP contribution in [0.3, 0.4) is 0 Å². The summed E-state index contributed by atoms with van der Waals surface area (Å²) in [4.78, 5) is 4.66. The van der Waals surface area contributed by atoms with E-state index in [2.05, 4.69) is 36.2 Å². The molecule has 5 heteroatoms. The Balaban J connectivity index is 2.32. The van der Waals surface area contributed by atoms with E-state index in [9.17, 15) is 0 Å². The summed E-state index contributed by atoms with van der Waals surface area (Å²) in [5.41, 5.74) is 9.59. The van der Waals surface area contributed by atoms with Gasteiger partial charge < -0.3 is 5.73 Å². The van der Waals surface area contributed by atoms with Crippen LogP contribution in [0.1, 0.15) is 48.8 Å². The molecule has 0 radical (unpaired) electrons. The van der Waals surface area contributed by atoms with Crippen LogP contribution in [0.5, 0.6) is 0 Å². The van der Waals surface area contributed by atoms with Crippen LogP contribution in [-0.4, -0.2) is 14.8 Å². The summed E-state index contributed by atoms with van der Waals surface area (Å²) in [6, 6.07) is -0.181. The highest BCUT2D eigenvalue weighted by atomic mass is 32.1. The lowest BCUT2D eigenvalue weighted by Crippen LogP contribution is -2.15. The molecule has 0 aromatic carbocycles. The van der Waals surface area contributed by atoms with Gasteiger partial charge in [-0.05, 0) is 6.92 Å². The molecule has 2 N–H and O–H groups in total. The highest BCUT2D eigenvalue weighted by molar-refractivity contribution is 7.09. The summed E-state index contributed by atoms with van der Waals surface area (Å²) in [7, 11) is 1.92. The van der Waals surface area contributed by atoms with Gasteiger partial charge in [0.05, 0.1) is 17.9 Å². The third-order valence-corrected chi connectivity index (χ3v) is 4.09. The van der Waals surface area contributed by atoms with E-state index in [1.54, 1.807) is 11.3 Å². The van der Waals surface area contributed by atoms with Gasteiger partial charge in [0.2, 0.25) is 0 Å². The molecular formula is C13H20N4S. The van der Waals surface area contributed by atoms with Crippen LogP contribution in [0, 0.1) is 6.92 Å². The third-order valence-electron chi connectivity index (χ3n) is 3.16. The Labute approximate surface area is 112 Å². The Bertz CT molecular complexity index is 548. The van der Waals surface area contributed by atoms with Gasteiger partial charge >= 0.3 is 0 Å². The Hall–Kier alpha value is -1.20. The van der Waals surface area contributed by atoms with Crippen molar-refractivity contribution in [1.29, 1.82) is 0 Å². The lowest BCUT2D eigenvalue weighted by Gasteiger charge is -2.14. The standard InChI is InChI=1S/C13H20N4S/c1-8-9(6-15-17(8)5)11(14)12-16-10(7-18-12)13(2,3)4/h6-7,11H,14H2,1-5H3. The van der Waals surface area contributed by atoms with Gasteiger partial charge in [-0.25, -0.2) is 4.98 Å². The van der Waals surface area contributed by atoms with Crippen LogP contribution in [0.2, 0.25) is 0 Å². The second kappa shape index (κ2) is 4.48. The lowest BCUT2D eigenvalue weighted by molar-refractivity contribution is 0.569. The third kappa shape index (κ3) is 2.33. The highest BCUT2D eigenvalue weighted by Crippen LogP contribution is 2.29. The second-order valence-corrected chi connectivity index (χ2v) is 6.50. The molecule has 0 fully saturated rings. The number of hydrogen-bond acceptors (Lipinski definition) is 4. The summed E-state index contributed by atoms with van der Waals surface area (Å²) in [5.74, 6) is 0. The molecule has 0 aliphatic carbocycles. The first-order valence-electron chi connectivity index (χ1n) is 6.00. The van der Waals surface area contributed by atoms with Crippen molar-refractivity contribution in [3.63, 3.8) is 0 Å². The summed E-state index contributed by atoms with van der Waals surface area (Å²) in [6.45, 7) is 8.51. The fraction of sp³-hybridized carbons (Fsp3) is 0.538. The summed E-state index contributed by atoms with van der Waals surface area (Å²) >= 11 is 1.62. The minimum atomic E-state index is -0.181. The van der Waals surface area contributed by atoms with Crippen LogP contribution < -0.4 is 5.73 Å². The predicted octanol–water partition coefficient (Wildman–Crippen LogP) is 2.53. The Morgan fingerprint density at radius 3 is 2.50 bits per heavy atom. The quantitative estimate of drug-likeness (QED) is 0.907. The monoisotopic (exact) mass is 264 g/mol. The zero-order chi connectivity index (χ0) is 13.5. The molecular weight excluding hydrogens is 244 g/mol. The van der Waals surface area contributed by atoms with Crippen molar-refractivity contribution in [2.24, 2.45) is 12.8 Å². The van der Waals surface area contributed by atoms with Crippen molar-refractivity contribution >= 4 is 11.3 Å². The number of aryl methyl sites for hydroxylation is 1. The predicted molar refractivity (Wildman–Crippen MR) is 74.8 cm³/mol. The van der Waals surface area contributed by atoms with Crippen molar-refractivity contribution in [1.82, 2.24) is 14.8 Å². The van der Waals surface area contributed by atoms with E-state index in [1.807, 2.05) is 24.9 Å². The van der Waals surface area contributed by atoms with E-state index in [0.717, 1.165) is 22.0 Å². The number of hydrogen-bond donors (Lipinski definition) is 1. The molecule has 2 aromatic rings. The number of nitrogens with two attached hydrogens (primary N) is 1. The molecule has 4 nitrogen and oxygen atoms in total. The van der Waals surface area contributed by atoms with E-state index < -0.39 is 0 Å². The zero-order valence-corrected chi connectivity index (χ0v) is 12.4. The summed E-state index contributed by atoms with van der Waals surface area (Å²) in [5, 5.41) is 7.28. The van der Waals surface area contributed by atoms with Crippen LogP contribution in [0.25, 0.3) is 0 Å². The maximum Gasteiger partial charge on any atom is 0.114 e. The first-order valence-corrected chi connectivity index (χ1v) is 6.88. The molecule has 98 valence electrons. The van der Waals surface area contributed by atoms with Gasteiger partial charge in [-0.1, -0.05) is 20.8 Å². The second-order valence-electron chi connectivity index (χ2n) is 5.61. The largest absolute Gasteiger partial charge is 0.318 e.